The second-order valence-corrected chi connectivity index (χ2v) is 7.13. The first kappa shape index (κ1) is 13.7. The van der Waals surface area contributed by atoms with Gasteiger partial charge >= 0.3 is 0 Å². The van der Waals surface area contributed by atoms with Crippen LogP contribution in [-0.4, -0.2) is 32.4 Å². The van der Waals surface area contributed by atoms with E-state index in [0.717, 1.165) is 12.8 Å². The molecule has 0 saturated heterocycles. The molecule has 0 aromatic carbocycles. The van der Waals surface area contributed by atoms with Gasteiger partial charge in [-0.1, -0.05) is 0 Å². The first-order chi connectivity index (χ1) is 8.53. The van der Waals surface area contributed by atoms with Crippen molar-refractivity contribution in [1.82, 2.24) is 4.98 Å². The van der Waals surface area contributed by atoms with Gasteiger partial charge in [0.15, 0.2) is 5.13 Å². The molecule has 1 saturated carbocycles. The second-order valence-electron chi connectivity index (χ2n) is 4.31. The number of sulfonamides is 1. The zero-order valence-electron chi connectivity index (χ0n) is 10.1. The summed E-state index contributed by atoms with van der Waals surface area (Å²) in [5, 5.41) is 1.93. The van der Waals surface area contributed by atoms with E-state index in [-0.39, 0.29) is 11.3 Å². The molecule has 6 nitrogen and oxygen atoms in total. The Morgan fingerprint density at radius 3 is 3.00 bits per heavy atom. The molecule has 0 radical (unpaired) electrons. The lowest BCUT2D eigenvalue weighted by Gasteiger charge is -2.07. The SMILES string of the molecule is COCCC(N)c1csc(NS(=O)(=O)C2CC2)n1. The molecule has 102 valence electrons. The maximum absolute atomic E-state index is 11.7. The Bertz CT molecular complexity index is 496. The number of hydrogen-bond acceptors (Lipinski definition) is 6. The van der Waals surface area contributed by atoms with E-state index in [2.05, 4.69) is 9.71 Å². The molecule has 8 heteroatoms. The van der Waals surface area contributed by atoms with Gasteiger partial charge in [0.2, 0.25) is 10.0 Å². The van der Waals surface area contributed by atoms with Gasteiger partial charge < -0.3 is 10.5 Å². The molecule has 0 aliphatic heterocycles. The number of nitrogens with one attached hydrogen (secondary N) is 1. The minimum Gasteiger partial charge on any atom is -0.385 e. The van der Waals surface area contributed by atoms with Gasteiger partial charge in [-0.15, -0.1) is 11.3 Å². The topological polar surface area (TPSA) is 94.3 Å². The average molecular weight is 291 g/mol. The van der Waals surface area contributed by atoms with Crippen LogP contribution in [0.1, 0.15) is 31.0 Å². The molecule has 1 aliphatic rings. The Kier molecular flexibility index (Phi) is 4.21. The van der Waals surface area contributed by atoms with E-state index < -0.39 is 10.0 Å². The minimum absolute atomic E-state index is 0.222. The van der Waals surface area contributed by atoms with Crippen molar-refractivity contribution in [3.8, 4) is 0 Å². The van der Waals surface area contributed by atoms with Gasteiger partial charge in [0.25, 0.3) is 0 Å². The van der Waals surface area contributed by atoms with E-state index in [1.165, 1.54) is 11.3 Å². The molecule has 0 bridgehead atoms. The number of aromatic nitrogens is 1. The largest absolute Gasteiger partial charge is 0.385 e. The Morgan fingerprint density at radius 2 is 2.39 bits per heavy atom. The van der Waals surface area contributed by atoms with Crippen LogP contribution in [0.15, 0.2) is 5.38 Å². The highest BCUT2D eigenvalue weighted by atomic mass is 32.2. The summed E-state index contributed by atoms with van der Waals surface area (Å²) in [4.78, 5) is 4.21. The van der Waals surface area contributed by atoms with Gasteiger partial charge in [-0.25, -0.2) is 13.4 Å². The van der Waals surface area contributed by atoms with Gasteiger partial charge in [0.1, 0.15) is 0 Å². The van der Waals surface area contributed by atoms with Gasteiger partial charge in [-0.3, -0.25) is 4.72 Å². The number of rotatable bonds is 7. The Balaban J connectivity index is 1.97. The molecule has 1 aromatic rings. The minimum atomic E-state index is -3.24. The molecule has 1 atom stereocenters. The van der Waals surface area contributed by atoms with Gasteiger partial charge in [-0.05, 0) is 19.3 Å². The Hall–Kier alpha value is -0.700. The van der Waals surface area contributed by atoms with E-state index in [0.29, 0.717) is 23.9 Å². The molecule has 1 unspecified atom stereocenters. The second kappa shape index (κ2) is 5.52. The van der Waals surface area contributed by atoms with E-state index >= 15 is 0 Å². The quantitative estimate of drug-likeness (QED) is 0.784. The molecular formula is C10H17N3O3S2. The third-order valence-corrected chi connectivity index (χ3v) is 5.46. The molecule has 0 spiro atoms. The maximum Gasteiger partial charge on any atom is 0.237 e. The number of nitrogens with zero attached hydrogens (tertiary/aromatic N) is 1. The number of anilines is 1. The molecule has 2 rings (SSSR count). The number of methoxy groups -OCH3 is 1. The molecule has 3 N–H and O–H groups in total. The lowest BCUT2D eigenvalue weighted by Crippen LogP contribution is -2.18. The van der Waals surface area contributed by atoms with Gasteiger partial charge in [0, 0.05) is 19.1 Å². The molecule has 1 heterocycles. The molecule has 1 aromatic heterocycles. The highest BCUT2D eigenvalue weighted by molar-refractivity contribution is 7.93. The first-order valence-corrected chi connectivity index (χ1v) is 8.17. The van der Waals surface area contributed by atoms with Crippen molar-refractivity contribution in [3.63, 3.8) is 0 Å². The smallest absolute Gasteiger partial charge is 0.237 e. The van der Waals surface area contributed by atoms with Gasteiger partial charge in [0.05, 0.1) is 17.0 Å². The monoisotopic (exact) mass is 291 g/mol. The summed E-state index contributed by atoms with van der Waals surface area (Å²) in [5.41, 5.74) is 6.62. The fourth-order valence-electron chi connectivity index (χ4n) is 1.48. The lowest BCUT2D eigenvalue weighted by molar-refractivity contribution is 0.188. The Labute approximate surface area is 111 Å². The average Bonchev–Trinajstić information content (AvgIpc) is 3.09. The number of nitrogens with two attached hydrogens (primary N) is 1. The van der Waals surface area contributed by atoms with E-state index in [1.54, 1.807) is 12.5 Å². The van der Waals surface area contributed by atoms with Crippen LogP contribution < -0.4 is 10.5 Å². The van der Waals surface area contributed by atoms with Gasteiger partial charge in [-0.2, -0.15) is 0 Å². The highest BCUT2D eigenvalue weighted by Gasteiger charge is 2.36. The molecule has 0 amide bonds. The summed E-state index contributed by atoms with van der Waals surface area (Å²) >= 11 is 1.26. The van der Waals surface area contributed by atoms with Crippen LogP contribution in [0.2, 0.25) is 0 Å². The van der Waals surface area contributed by atoms with Crippen LogP contribution in [0.4, 0.5) is 5.13 Å². The van der Waals surface area contributed by atoms with E-state index in [4.69, 9.17) is 10.5 Å². The van der Waals surface area contributed by atoms with Crippen molar-refractivity contribution in [2.45, 2.75) is 30.6 Å². The summed E-state index contributed by atoms with van der Waals surface area (Å²) in [7, 11) is -1.62. The van der Waals surface area contributed by atoms with Crippen molar-refractivity contribution in [2.75, 3.05) is 18.4 Å². The molecular weight excluding hydrogens is 274 g/mol. The summed E-state index contributed by atoms with van der Waals surface area (Å²) in [6.45, 7) is 0.557. The third-order valence-electron chi connectivity index (χ3n) is 2.73. The predicted molar refractivity (Wildman–Crippen MR) is 71.1 cm³/mol. The Morgan fingerprint density at radius 1 is 1.67 bits per heavy atom. The van der Waals surface area contributed by atoms with E-state index in [9.17, 15) is 8.42 Å². The standard InChI is InChI=1S/C10H17N3O3S2/c1-16-5-4-8(11)9-6-17-10(12-9)13-18(14,15)7-2-3-7/h6-8H,2-5,11H2,1H3,(H,12,13). The first-order valence-electron chi connectivity index (χ1n) is 5.74. The molecule has 1 fully saturated rings. The van der Waals surface area contributed by atoms with Crippen molar-refractivity contribution >= 4 is 26.5 Å². The third kappa shape index (κ3) is 3.41. The zero-order chi connectivity index (χ0) is 13.2. The fraction of sp³-hybridized carbons (Fsp3) is 0.700. The summed E-state index contributed by atoms with van der Waals surface area (Å²) in [6.07, 6.45) is 2.14. The van der Waals surface area contributed by atoms with Crippen molar-refractivity contribution in [1.29, 1.82) is 0 Å². The normalized spacial score (nSPS) is 17.7. The molecule has 18 heavy (non-hydrogen) atoms. The predicted octanol–water partition coefficient (Wildman–Crippen LogP) is 1.08. The van der Waals surface area contributed by atoms with E-state index in [1.807, 2.05) is 0 Å². The van der Waals surface area contributed by atoms with Crippen LogP contribution in [0, 0.1) is 0 Å². The number of ether oxygens (including phenoxy) is 1. The lowest BCUT2D eigenvalue weighted by atomic mass is 10.2. The summed E-state index contributed by atoms with van der Waals surface area (Å²) < 4.78 is 30.9. The van der Waals surface area contributed by atoms with Crippen LogP contribution >= 0.6 is 11.3 Å². The van der Waals surface area contributed by atoms with Crippen LogP contribution in [0.25, 0.3) is 0 Å². The maximum atomic E-state index is 11.7. The highest BCUT2D eigenvalue weighted by Crippen LogP contribution is 2.31. The number of thiazole rings is 1. The van der Waals surface area contributed by atoms with Crippen molar-refractivity contribution in [2.24, 2.45) is 5.73 Å². The zero-order valence-corrected chi connectivity index (χ0v) is 11.8. The van der Waals surface area contributed by atoms with Crippen LogP contribution in [-0.2, 0) is 14.8 Å². The van der Waals surface area contributed by atoms with Crippen LogP contribution in [0.5, 0.6) is 0 Å². The summed E-state index contributed by atoms with van der Waals surface area (Å²) in [6, 6.07) is -0.222. The van der Waals surface area contributed by atoms with Crippen molar-refractivity contribution in [3.05, 3.63) is 11.1 Å². The number of hydrogen-bond donors (Lipinski definition) is 2. The fourth-order valence-corrected chi connectivity index (χ4v) is 3.85. The summed E-state index contributed by atoms with van der Waals surface area (Å²) in [5.74, 6) is 0. The van der Waals surface area contributed by atoms with Crippen LogP contribution in [0.3, 0.4) is 0 Å². The van der Waals surface area contributed by atoms with Crippen molar-refractivity contribution < 1.29 is 13.2 Å². The molecule has 1 aliphatic carbocycles.